The van der Waals surface area contributed by atoms with E-state index in [1.807, 2.05) is 0 Å². The maximum absolute atomic E-state index is 12.4. The zero-order chi connectivity index (χ0) is 19.1. The summed E-state index contributed by atoms with van der Waals surface area (Å²) < 4.78 is 5.21. The van der Waals surface area contributed by atoms with Gasteiger partial charge in [-0.05, 0) is 37.1 Å². The van der Waals surface area contributed by atoms with Crippen LogP contribution in [0.25, 0.3) is 0 Å². The lowest BCUT2D eigenvalue weighted by molar-refractivity contribution is -0.150. The molecule has 1 heterocycles. The molecule has 0 aromatic heterocycles. The highest BCUT2D eigenvalue weighted by atomic mass is 16.5. The average molecular weight is 358 g/mol. The molecule has 1 aromatic rings. The molecule has 26 heavy (non-hydrogen) atoms. The van der Waals surface area contributed by atoms with Gasteiger partial charge < -0.3 is 20.1 Å². The van der Waals surface area contributed by atoms with Gasteiger partial charge in [-0.25, -0.2) is 4.79 Å². The molecule has 1 saturated heterocycles. The first-order valence-electron chi connectivity index (χ1n) is 8.26. The van der Waals surface area contributed by atoms with Gasteiger partial charge in [-0.2, -0.15) is 0 Å². The molecule has 7 heteroatoms. The molecular weight excluding hydrogens is 336 g/mol. The van der Waals surface area contributed by atoms with Crippen LogP contribution in [-0.2, 0) is 14.3 Å². The Morgan fingerprint density at radius 2 is 1.69 bits per heavy atom. The number of hydrogen-bond acceptors (Lipinski definition) is 4. The van der Waals surface area contributed by atoms with Crippen LogP contribution in [0.5, 0.6) is 0 Å². The van der Waals surface area contributed by atoms with Gasteiger partial charge in [0.2, 0.25) is 0 Å². The highest BCUT2D eigenvalue weighted by molar-refractivity contribution is 5.97. The summed E-state index contributed by atoms with van der Waals surface area (Å²) in [6.45, 7) is 8.09. The molecular formula is C19H22N2O5. The number of hydrogen-bond donors (Lipinski definition) is 2. The van der Waals surface area contributed by atoms with Crippen molar-refractivity contribution in [2.75, 3.05) is 18.4 Å². The second-order valence-corrected chi connectivity index (χ2v) is 5.88. The van der Waals surface area contributed by atoms with Gasteiger partial charge in [-0.3, -0.25) is 9.59 Å². The lowest BCUT2D eigenvalue weighted by atomic mass is 10.1. The topological polar surface area (TPSA) is 95.9 Å². The van der Waals surface area contributed by atoms with Gasteiger partial charge in [0.15, 0.2) is 6.10 Å². The van der Waals surface area contributed by atoms with Gasteiger partial charge in [0.25, 0.3) is 11.8 Å². The van der Waals surface area contributed by atoms with Crippen LogP contribution in [0.2, 0.25) is 0 Å². The van der Waals surface area contributed by atoms with Crippen molar-refractivity contribution in [2.45, 2.75) is 25.0 Å². The van der Waals surface area contributed by atoms with Crippen LogP contribution in [0.4, 0.5) is 5.69 Å². The summed E-state index contributed by atoms with van der Waals surface area (Å²) in [4.78, 5) is 37.1. The highest BCUT2D eigenvalue weighted by Gasteiger charge is 2.34. The first-order chi connectivity index (χ1) is 12.5. The maximum atomic E-state index is 12.4. The van der Waals surface area contributed by atoms with E-state index >= 15 is 0 Å². The number of benzene rings is 1. The number of rotatable bonds is 8. The number of nitrogens with zero attached hydrogens (tertiary/aromatic N) is 1. The molecule has 7 nitrogen and oxygen atoms in total. The average Bonchev–Trinajstić information content (AvgIpc) is 3.12. The second-order valence-electron chi connectivity index (χ2n) is 5.88. The monoisotopic (exact) mass is 358 g/mol. The van der Waals surface area contributed by atoms with Crippen molar-refractivity contribution < 1.29 is 24.2 Å². The lowest BCUT2D eigenvalue weighted by Crippen LogP contribution is -2.31. The summed E-state index contributed by atoms with van der Waals surface area (Å²) in [6.07, 6.45) is 2.23. The molecule has 0 radical (unpaired) electrons. The van der Waals surface area contributed by atoms with Gasteiger partial charge in [-0.15, -0.1) is 13.2 Å². The Hall–Kier alpha value is -2.93. The molecule has 0 spiro atoms. The summed E-state index contributed by atoms with van der Waals surface area (Å²) in [5.74, 6) is -1.62. The van der Waals surface area contributed by atoms with E-state index in [1.165, 1.54) is 0 Å². The third-order valence-electron chi connectivity index (χ3n) is 3.97. The quantitative estimate of drug-likeness (QED) is 0.694. The summed E-state index contributed by atoms with van der Waals surface area (Å²) in [6, 6.07) is 6.48. The van der Waals surface area contributed by atoms with Crippen molar-refractivity contribution >= 4 is 23.5 Å². The number of carboxylic acid groups (broad SMARTS) is 1. The molecule has 0 unspecified atom stereocenters. The Balaban J connectivity index is 1.97. The minimum absolute atomic E-state index is 0.161. The van der Waals surface area contributed by atoms with Crippen LogP contribution in [-0.4, -0.2) is 53.1 Å². The maximum Gasteiger partial charge on any atom is 0.332 e. The van der Waals surface area contributed by atoms with Crippen LogP contribution in [0.3, 0.4) is 0 Å². The summed E-state index contributed by atoms with van der Waals surface area (Å²) in [5, 5.41) is 11.6. The van der Waals surface area contributed by atoms with E-state index in [9.17, 15) is 14.4 Å². The predicted molar refractivity (Wildman–Crippen MR) is 96.9 cm³/mol. The first kappa shape index (κ1) is 19.4. The number of amides is 2. The number of aliphatic carboxylic acids is 1. The zero-order valence-electron chi connectivity index (χ0n) is 14.4. The van der Waals surface area contributed by atoms with E-state index < -0.39 is 24.1 Å². The third kappa shape index (κ3) is 4.80. The Morgan fingerprint density at radius 3 is 2.19 bits per heavy atom. The van der Waals surface area contributed by atoms with Crippen molar-refractivity contribution in [2.24, 2.45) is 0 Å². The van der Waals surface area contributed by atoms with Crippen molar-refractivity contribution in [3.63, 3.8) is 0 Å². The molecule has 138 valence electrons. The Labute approximate surface area is 151 Å². The third-order valence-corrected chi connectivity index (χ3v) is 3.97. The minimum Gasteiger partial charge on any atom is -0.479 e. The number of carbonyl (C=O) groups excluding carboxylic acids is 2. The second kappa shape index (κ2) is 8.96. The molecule has 1 fully saturated rings. The molecule has 0 bridgehead atoms. The largest absolute Gasteiger partial charge is 0.479 e. The number of carbonyl (C=O) groups is 3. The van der Waals surface area contributed by atoms with Crippen molar-refractivity contribution in [1.82, 2.24) is 4.90 Å². The number of ether oxygens (including phenoxy) is 1. The summed E-state index contributed by atoms with van der Waals surface area (Å²) in [7, 11) is 0. The summed E-state index contributed by atoms with van der Waals surface area (Å²) >= 11 is 0. The molecule has 2 rings (SSSR count). The van der Waals surface area contributed by atoms with Gasteiger partial charge in [0, 0.05) is 24.3 Å². The molecule has 2 amide bonds. The van der Waals surface area contributed by atoms with Crippen molar-refractivity contribution in [1.29, 1.82) is 0 Å². The fraction of sp³-hybridized carbons (Fsp3) is 0.316. The SMILES string of the molecule is C=CCN(CC=C)C(=O)c1ccc(NC(=O)[C@@H]2CC[C@H](C(=O)O)O2)cc1. The highest BCUT2D eigenvalue weighted by Crippen LogP contribution is 2.21. The van der Waals surface area contributed by atoms with Gasteiger partial charge in [0.1, 0.15) is 6.10 Å². The molecule has 1 aromatic carbocycles. The fourth-order valence-electron chi connectivity index (χ4n) is 2.67. The fourth-order valence-corrected chi connectivity index (χ4v) is 2.67. The van der Waals surface area contributed by atoms with E-state index in [4.69, 9.17) is 9.84 Å². The molecule has 1 aliphatic heterocycles. The van der Waals surface area contributed by atoms with Crippen molar-refractivity contribution in [3.05, 3.63) is 55.1 Å². The molecule has 2 atom stereocenters. The van der Waals surface area contributed by atoms with E-state index in [0.29, 0.717) is 37.2 Å². The molecule has 2 N–H and O–H groups in total. The van der Waals surface area contributed by atoms with Crippen LogP contribution >= 0.6 is 0 Å². The summed E-state index contributed by atoms with van der Waals surface area (Å²) in [5.41, 5.74) is 0.989. The normalized spacial score (nSPS) is 18.8. The smallest absolute Gasteiger partial charge is 0.332 e. The Bertz CT molecular complexity index is 688. The number of carboxylic acids is 1. The van der Waals surface area contributed by atoms with Crippen LogP contribution in [0.15, 0.2) is 49.6 Å². The Morgan fingerprint density at radius 1 is 1.12 bits per heavy atom. The predicted octanol–water partition coefficient (Wildman–Crippen LogP) is 2.07. The van der Waals surface area contributed by atoms with E-state index in [0.717, 1.165) is 0 Å². The van der Waals surface area contributed by atoms with E-state index in [2.05, 4.69) is 18.5 Å². The standard InChI is InChI=1S/C19H22N2O5/c1-3-11-21(12-4-2)18(23)13-5-7-14(8-6-13)20-17(22)15-9-10-16(26-15)19(24)25/h3-8,15-16H,1-2,9-12H2,(H,20,22)(H,24,25)/t15-,16+/m0/s1. The number of anilines is 1. The van der Waals surface area contributed by atoms with Gasteiger partial charge >= 0.3 is 5.97 Å². The minimum atomic E-state index is -1.06. The molecule has 0 aliphatic carbocycles. The van der Waals surface area contributed by atoms with Crippen LogP contribution < -0.4 is 5.32 Å². The zero-order valence-corrected chi connectivity index (χ0v) is 14.4. The lowest BCUT2D eigenvalue weighted by Gasteiger charge is -2.19. The van der Waals surface area contributed by atoms with Gasteiger partial charge in [0.05, 0.1) is 0 Å². The molecule has 1 aliphatic rings. The number of nitrogens with one attached hydrogen (secondary N) is 1. The van der Waals surface area contributed by atoms with Crippen LogP contribution in [0, 0.1) is 0 Å². The van der Waals surface area contributed by atoms with E-state index in [1.54, 1.807) is 41.3 Å². The van der Waals surface area contributed by atoms with Gasteiger partial charge in [-0.1, -0.05) is 12.2 Å². The molecule has 0 saturated carbocycles. The van der Waals surface area contributed by atoms with E-state index in [-0.39, 0.29) is 5.91 Å². The van der Waals surface area contributed by atoms with Crippen LogP contribution in [0.1, 0.15) is 23.2 Å². The van der Waals surface area contributed by atoms with Crippen molar-refractivity contribution in [3.8, 4) is 0 Å². The first-order valence-corrected chi connectivity index (χ1v) is 8.26. The Kier molecular flexibility index (Phi) is 6.68.